The quantitative estimate of drug-likeness (QED) is 0.305. The first-order valence-corrected chi connectivity index (χ1v) is 14.0. The molecule has 2 aliphatic rings. The number of nitrogens with two attached hydrogens (primary N) is 1. The number of rotatable bonds is 7. The van der Waals surface area contributed by atoms with Crippen molar-refractivity contribution in [3.63, 3.8) is 0 Å². The normalized spacial score (nSPS) is 20.8. The maximum atomic E-state index is 14.6. The number of ketones is 1. The Balaban J connectivity index is 1.80. The lowest BCUT2D eigenvalue weighted by Gasteiger charge is -2.43. The molecule has 5 rings (SSSR count). The molecule has 3 atom stereocenters. The van der Waals surface area contributed by atoms with Gasteiger partial charge in [0.25, 0.3) is 0 Å². The third kappa shape index (κ3) is 4.81. The molecule has 0 amide bonds. The number of carbonyl (C=O) groups excluding carboxylic acids is 3. The molecule has 3 aromatic rings. The van der Waals surface area contributed by atoms with E-state index >= 15 is 0 Å². The van der Waals surface area contributed by atoms with Crippen molar-refractivity contribution < 1.29 is 28.2 Å². The number of ether oxygens (including phenoxy) is 2. The Morgan fingerprint density at radius 2 is 1.70 bits per heavy atom. The lowest BCUT2D eigenvalue weighted by molar-refractivity contribution is -0.152. The van der Waals surface area contributed by atoms with Gasteiger partial charge in [-0.3, -0.25) is 14.5 Å². The second-order valence-corrected chi connectivity index (χ2v) is 10.4. The fraction of sp³-hybridized carbons (Fsp3) is 0.258. The molecule has 0 bridgehead atoms. The van der Waals surface area contributed by atoms with Crippen molar-refractivity contribution in [3.05, 3.63) is 111 Å². The maximum Gasteiger partial charge on any atom is 0.338 e. The molecule has 0 fully saturated rings. The van der Waals surface area contributed by atoms with Gasteiger partial charge in [0.15, 0.2) is 5.78 Å². The number of esters is 2. The van der Waals surface area contributed by atoms with Crippen LogP contribution in [0.15, 0.2) is 94.8 Å². The van der Waals surface area contributed by atoms with E-state index < -0.39 is 41.3 Å². The van der Waals surface area contributed by atoms with Gasteiger partial charge in [-0.15, -0.1) is 11.3 Å². The van der Waals surface area contributed by atoms with Crippen LogP contribution in [0.1, 0.15) is 42.5 Å². The average Bonchev–Trinajstić information content (AvgIpc) is 3.48. The summed E-state index contributed by atoms with van der Waals surface area (Å²) in [6, 6.07) is 18.5. The first-order chi connectivity index (χ1) is 19.4. The van der Waals surface area contributed by atoms with Crippen molar-refractivity contribution in [3.8, 4) is 0 Å². The second-order valence-electron chi connectivity index (χ2n) is 9.46. The summed E-state index contributed by atoms with van der Waals surface area (Å²) >= 11 is 1.46. The van der Waals surface area contributed by atoms with Gasteiger partial charge in [-0.05, 0) is 61.5 Å². The van der Waals surface area contributed by atoms with E-state index in [2.05, 4.69) is 0 Å². The van der Waals surface area contributed by atoms with Gasteiger partial charge in [0, 0.05) is 27.8 Å². The van der Waals surface area contributed by atoms with Crippen LogP contribution in [-0.2, 0) is 23.9 Å². The largest absolute Gasteiger partial charge is 0.465 e. The molecule has 1 aliphatic heterocycles. The van der Waals surface area contributed by atoms with Crippen LogP contribution < -0.4 is 10.6 Å². The Hall–Kier alpha value is -4.24. The molecule has 0 saturated heterocycles. The zero-order valence-electron chi connectivity index (χ0n) is 22.1. The fourth-order valence-corrected chi connectivity index (χ4v) is 6.44. The molecule has 9 heteroatoms. The molecule has 1 aromatic heterocycles. The summed E-state index contributed by atoms with van der Waals surface area (Å²) in [5, 5.41) is 1.90. The van der Waals surface area contributed by atoms with E-state index in [0.29, 0.717) is 16.9 Å². The van der Waals surface area contributed by atoms with Gasteiger partial charge in [0.2, 0.25) is 0 Å². The maximum absolute atomic E-state index is 14.6. The molecule has 206 valence electrons. The Morgan fingerprint density at radius 3 is 2.33 bits per heavy atom. The van der Waals surface area contributed by atoms with E-state index in [4.69, 9.17) is 15.2 Å². The highest BCUT2D eigenvalue weighted by Gasteiger charge is 2.51. The molecule has 2 heterocycles. The smallest absolute Gasteiger partial charge is 0.338 e. The van der Waals surface area contributed by atoms with Crippen LogP contribution in [0.25, 0.3) is 0 Å². The minimum Gasteiger partial charge on any atom is -0.465 e. The number of nitrogens with zero attached hydrogens (tertiary/aromatic N) is 1. The summed E-state index contributed by atoms with van der Waals surface area (Å²) in [6.07, 6.45) is 0.286. The highest BCUT2D eigenvalue weighted by Crippen LogP contribution is 2.52. The zero-order chi connectivity index (χ0) is 28.4. The van der Waals surface area contributed by atoms with Gasteiger partial charge < -0.3 is 15.2 Å². The van der Waals surface area contributed by atoms with Gasteiger partial charge in [0.05, 0.1) is 24.7 Å². The van der Waals surface area contributed by atoms with Crippen LogP contribution in [0.4, 0.5) is 10.1 Å². The molecule has 2 aromatic carbocycles. The Morgan fingerprint density at radius 1 is 1.00 bits per heavy atom. The molecule has 0 unspecified atom stereocenters. The van der Waals surface area contributed by atoms with Gasteiger partial charge in [-0.1, -0.05) is 36.4 Å². The van der Waals surface area contributed by atoms with Gasteiger partial charge in [0.1, 0.15) is 17.6 Å². The third-order valence-electron chi connectivity index (χ3n) is 7.20. The number of allylic oxidation sites excluding steroid dienone is 2. The van der Waals surface area contributed by atoms with E-state index in [1.165, 1.54) is 35.6 Å². The second kappa shape index (κ2) is 11.5. The van der Waals surface area contributed by atoms with Crippen LogP contribution >= 0.6 is 11.3 Å². The summed E-state index contributed by atoms with van der Waals surface area (Å²) in [4.78, 5) is 44.0. The molecule has 7 nitrogen and oxygen atoms in total. The van der Waals surface area contributed by atoms with E-state index in [1.54, 1.807) is 18.7 Å². The Kier molecular flexibility index (Phi) is 7.84. The first-order valence-electron chi connectivity index (χ1n) is 13.1. The molecule has 2 N–H and O–H groups in total. The number of hydrogen-bond acceptors (Lipinski definition) is 8. The number of carbonyl (C=O) groups is 3. The Bertz CT molecular complexity index is 1480. The minimum atomic E-state index is -1.12. The summed E-state index contributed by atoms with van der Waals surface area (Å²) in [6.45, 7) is 3.57. The third-order valence-corrected chi connectivity index (χ3v) is 8.21. The zero-order valence-corrected chi connectivity index (χ0v) is 23.0. The standard InChI is InChI=1S/C31H29FN2O5S/c1-3-38-30(36)25-21(23-11-8-16-40-23)17-22-26(28(25)35)24(18-12-14-19(32)15-13-18)27(31(37)39-4-2)29(33)34(22)20-9-6-5-7-10-20/h5-16,21,24-25H,3-4,17,33H2,1-2H3/t21-,24-,25+/m0/s1. The van der Waals surface area contributed by atoms with Gasteiger partial charge >= 0.3 is 11.9 Å². The predicted octanol–water partition coefficient (Wildman–Crippen LogP) is 5.41. The average molecular weight is 561 g/mol. The molecule has 0 spiro atoms. The van der Waals surface area contributed by atoms with E-state index in [0.717, 1.165) is 4.88 Å². The topological polar surface area (TPSA) is 98.9 Å². The highest BCUT2D eigenvalue weighted by molar-refractivity contribution is 7.10. The number of Topliss-reactive ketones (excluding diaryl/α,β-unsaturated/α-hetero) is 1. The van der Waals surface area contributed by atoms with Crippen LogP contribution in [-0.4, -0.2) is 30.9 Å². The predicted molar refractivity (Wildman–Crippen MR) is 150 cm³/mol. The first kappa shape index (κ1) is 27.3. The molecule has 0 saturated carbocycles. The number of halogens is 1. The lowest BCUT2D eigenvalue weighted by Crippen LogP contribution is -2.46. The Labute approximate surface area is 235 Å². The van der Waals surface area contributed by atoms with Crippen molar-refractivity contribution in [2.24, 2.45) is 11.7 Å². The summed E-state index contributed by atoms with van der Waals surface area (Å²) in [5.74, 6) is -4.71. The molecule has 1 aliphatic carbocycles. The van der Waals surface area contributed by atoms with Crippen LogP contribution in [0.3, 0.4) is 0 Å². The number of hydrogen-bond donors (Lipinski definition) is 1. The van der Waals surface area contributed by atoms with Gasteiger partial charge in [-0.2, -0.15) is 0 Å². The van der Waals surface area contributed by atoms with Crippen molar-refractivity contribution in [1.29, 1.82) is 0 Å². The number of benzene rings is 2. The monoisotopic (exact) mass is 560 g/mol. The lowest BCUT2D eigenvalue weighted by atomic mass is 9.68. The highest BCUT2D eigenvalue weighted by atomic mass is 32.1. The van der Waals surface area contributed by atoms with E-state index in [9.17, 15) is 18.8 Å². The minimum absolute atomic E-state index is 0.0570. The van der Waals surface area contributed by atoms with Crippen LogP contribution in [0.2, 0.25) is 0 Å². The van der Waals surface area contributed by atoms with E-state index in [-0.39, 0.29) is 36.6 Å². The van der Waals surface area contributed by atoms with Crippen LogP contribution in [0.5, 0.6) is 0 Å². The van der Waals surface area contributed by atoms with Gasteiger partial charge in [-0.25, -0.2) is 9.18 Å². The number of para-hydroxylation sites is 1. The summed E-state index contributed by atoms with van der Waals surface area (Å²) in [7, 11) is 0. The summed E-state index contributed by atoms with van der Waals surface area (Å²) in [5.41, 5.74) is 8.82. The van der Waals surface area contributed by atoms with Crippen molar-refractivity contribution in [1.82, 2.24) is 0 Å². The van der Waals surface area contributed by atoms with Crippen molar-refractivity contribution in [2.75, 3.05) is 18.1 Å². The summed E-state index contributed by atoms with van der Waals surface area (Å²) < 4.78 is 24.8. The fourth-order valence-electron chi connectivity index (χ4n) is 5.57. The van der Waals surface area contributed by atoms with Crippen LogP contribution in [0, 0.1) is 11.7 Å². The molecular weight excluding hydrogens is 531 g/mol. The van der Waals surface area contributed by atoms with Crippen molar-refractivity contribution >= 4 is 34.7 Å². The van der Waals surface area contributed by atoms with E-state index in [1.807, 2.05) is 47.8 Å². The van der Waals surface area contributed by atoms with Crippen molar-refractivity contribution in [2.45, 2.75) is 32.1 Å². The molecular formula is C31H29FN2O5S. The molecule has 40 heavy (non-hydrogen) atoms. The molecule has 0 radical (unpaired) electrons. The SMILES string of the molecule is CCOC(=O)C1=C(N)N(c2ccccc2)C2=C(C(=O)[C@H](C(=O)OCC)[C@H](c3cccs3)C2)[C@@H]1c1ccc(F)cc1. The number of thiophene rings is 1. The number of anilines is 1.